The molecule has 3 aromatic rings. The summed E-state index contributed by atoms with van der Waals surface area (Å²) in [5, 5.41) is 0. The molecule has 0 bridgehead atoms. The first-order valence-corrected chi connectivity index (χ1v) is 7.59. The highest BCUT2D eigenvalue weighted by Gasteiger charge is 2.08. The van der Waals surface area contributed by atoms with Crippen LogP contribution in [-0.2, 0) is 13.0 Å². The van der Waals surface area contributed by atoms with Gasteiger partial charge in [0.2, 0.25) is 0 Å². The standard InChI is InChI=1S/C17H13BrF2N2/c18-14-4-1-12(2-5-14)11-22-8-7-21-17(22)10-13-3-6-15(19)16(20)9-13/h1-9H,10-11H2. The van der Waals surface area contributed by atoms with Gasteiger partial charge in [0.05, 0.1) is 0 Å². The molecule has 0 spiro atoms. The number of nitrogens with zero attached hydrogens (tertiary/aromatic N) is 2. The molecule has 0 unspecified atom stereocenters. The van der Waals surface area contributed by atoms with Crippen LogP contribution >= 0.6 is 15.9 Å². The second kappa shape index (κ2) is 6.40. The molecule has 0 saturated heterocycles. The van der Waals surface area contributed by atoms with Gasteiger partial charge in [0.1, 0.15) is 5.82 Å². The van der Waals surface area contributed by atoms with Crippen LogP contribution in [0.5, 0.6) is 0 Å². The Morgan fingerprint density at radius 3 is 2.41 bits per heavy atom. The Morgan fingerprint density at radius 2 is 1.68 bits per heavy atom. The normalized spacial score (nSPS) is 10.9. The van der Waals surface area contributed by atoms with Crippen LogP contribution in [0.25, 0.3) is 0 Å². The second-order valence-corrected chi connectivity index (χ2v) is 5.94. The fraction of sp³-hybridized carbons (Fsp3) is 0.118. The number of imidazole rings is 1. The maximum atomic E-state index is 13.3. The van der Waals surface area contributed by atoms with E-state index in [1.165, 1.54) is 6.07 Å². The number of hydrogen-bond acceptors (Lipinski definition) is 1. The highest BCUT2D eigenvalue weighted by Crippen LogP contribution is 2.15. The van der Waals surface area contributed by atoms with Gasteiger partial charge >= 0.3 is 0 Å². The highest BCUT2D eigenvalue weighted by atomic mass is 79.9. The maximum Gasteiger partial charge on any atom is 0.159 e. The molecule has 0 fully saturated rings. The summed E-state index contributed by atoms with van der Waals surface area (Å²) in [5.74, 6) is -0.848. The Kier molecular flexibility index (Phi) is 4.34. The average molecular weight is 363 g/mol. The molecule has 0 atom stereocenters. The van der Waals surface area contributed by atoms with Gasteiger partial charge in [-0.25, -0.2) is 13.8 Å². The summed E-state index contributed by atoms with van der Waals surface area (Å²) in [6.45, 7) is 0.687. The molecule has 0 saturated carbocycles. The van der Waals surface area contributed by atoms with Crippen molar-refractivity contribution in [1.29, 1.82) is 0 Å². The van der Waals surface area contributed by atoms with Crippen molar-refractivity contribution in [3.8, 4) is 0 Å². The van der Waals surface area contributed by atoms with E-state index in [-0.39, 0.29) is 0 Å². The first kappa shape index (κ1) is 14.9. The van der Waals surface area contributed by atoms with Gasteiger partial charge in [-0.2, -0.15) is 0 Å². The summed E-state index contributed by atoms with van der Waals surface area (Å²) in [5.41, 5.74) is 1.84. The first-order chi connectivity index (χ1) is 10.6. The molecule has 0 aliphatic rings. The molecule has 2 aromatic carbocycles. The van der Waals surface area contributed by atoms with E-state index in [4.69, 9.17) is 0 Å². The lowest BCUT2D eigenvalue weighted by Crippen LogP contribution is -2.05. The van der Waals surface area contributed by atoms with E-state index in [0.29, 0.717) is 18.5 Å². The van der Waals surface area contributed by atoms with Gasteiger partial charge in [-0.05, 0) is 35.4 Å². The van der Waals surface area contributed by atoms with Crippen LogP contribution in [0.3, 0.4) is 0 Å². The zero-order valence-electron chi connectivity index (χ0n) is 11.6. The number of hydrogen-bond donors (Lipinski definition) is 0. The molecular weight excluding hydrogens is 350 g/mol. The summed E-state index contributed by atoms with van der Waals surface area (Å²) in [6.07, 6.45) is 4.06. The molecule has 0 amide bonds. The maximum absolute atomic E-state index is 13.3. The molecule has 22 heavy (non-hydrogen) atoms. The van der Waals surface area contributed by atoms with Crippen molar-refractivity contribution >= 4 is 15.9 Å². The van der Waals surface area contributed by atoms with E-state index < -0.39 is 11.6 Å². The van der Waals surface area contributed by atoms with E-state index in [1.807, 2.05) is 35.0 Å². The van der Waals surface area contributed by atoms with E-state index in [0.717, 1.165) is 21.9 Å². The number of halogens is 3. The first-order valence-electron chi connectivity index (χ1n) is 6.80. The van der Waals surface area contributed by atoms with E-state index in [9.17, 15) is 8.78 Å². The second-order valence-electron chi connectivity index (χ2n) is 5.02. The van der Waals surface area contributed by atoms with Crippen LogP contribution in [0.2, 0.25) is 0 Å². The van der Waals surface area contributed by atoms with Gasteiger partial charge in [-0.15, -0.1) is 0 Å². The largest absolute Gasteiger partial charge is 0.330 e. The lowest BCUT2D eigenvalue weighted by molar-refractivity contribution is 0.507. The van der Waals surface area contributed by atoms with E-state index in [1.54, 1.807) is 12.3 Å². The summed E-state index contributed by atoms with van der Waals surface area (Å²) in [4.78, 5) is 4.31. The molecule has 0 radical (unpaired) electrons. The van der Waals surface area contributed by atoms with Crippen LogP contribution in [0.4, 0.5) is 8.78 Å². The summed E-state index contributed by atoms with van der Waals surface area (Å²) >= 11 is 3.41. The summed E-state index contributed by atoms with van der Waals surface area (Å²) in [7, 11) is 0. The lowest BCUT2D eigenvalue weighted by atomic mass is 10.1. The minimum absolute atomic E-state index is 0.459. The Balaban J connectivity index is 1.79. The summed E-state index contributed by atoms with van der Waals surface area (Å²) in [6, 6.07) is 12.0. The molecule has 2 nitrogen and oxygen atoms in total. The molecule has 5 heteroatoms. The average Bonchev–Trinajstić information content (AvgIpc) is 2.92. The van der Waals surface area contributed by atoms with Crippen molar-refractivity contribution in [2.45, 2.75) is 13.0 Å². The van der Waals surface area contributed by atoms with E-state index in [2.05, 4.69) is 20.9 Å². The number of rotatable bonds is 4. The van der Waals surface area contributed by atoms with Crippen molar-refractivity contribution in [3.05, 3.63) is 87.9 Å². The monoisotopic (exact) mass is 362 g/mol. The van der Waals surface area contributed by atoms with Crippen LogP contribution in [0.1, 0.15) is 17.0 Å². The predicted molar refractivity (Wildman–Crippen MR) is 84.6 cm³/mol. The molecule has 0 N–H and O–H groups in total. The summed E-state index contributed by atoms with van der Waals surface area (Å²) < 4.78 is 29.3. The molecule has 3 rings (SSSR count). The molecular formula is C17H13BrF2N2. The van der Waals surface area contributed by atoms with Gasteiger partial charge in [0.15, 0.2) is 11.6 Å². The lowest BCUT2D eigenvalue weighted by Gasteiger charge is -2.08. The van der Waals surface area contributed by atoms with Crippen molar-refractivity contribution in [1.82, 2.24) is 9.55 Å². The van der Waals surface area contributed by atoms with Gasteiger partial charge in [0, 0.05) is 29.8 Å². The van der Waals surface area contributed by atoms with Gasteiger partial charge < -0.3 is 4.57 Å². The third-order valence-electron chi connectivity index (χ3n) is 3.41. The zero-order valence-corrected chi connectivity index (χ0v) is 13.2. The molecule has 0 aliphatic carbocycles. The van der Waals surface area contributed by atoms with Crippen molar-refractivity contribution < 1.29 is 8.78 Å². The van der Waals surface area contributed by atoms with Crippen molar-refractivity contribution in [2.75, 3.05) is 0 Å². The minimum Gasteiger partial charge on any atom is -0.330 e. The van der Waals surface area contributed by atoms with Crippen LogP contribution in [0.15, 0.2) is 59.3 Å². The van der Waals surface area contributed by atoms with Crippen LogP contribution in [0, 0.1) is 11.6 Å². The van der Waals surface area contributed by atoms with Crippen molar-refractivity contribution in [3.63, 3.8) is 0 Å². The van der Waals surface area contributed by atoms with Crippen LogP contribution < -0.4 is 0 Å². The molecule has 112 valence electrons. The topological polar surface area (TPSA) is 17.8 Å². The predicted octanol–water partition coefficient (Wildman–Crippen LogP) is 4.56. The fourth-order valence-corrected chi connectivity index (χ4v) is 2.53. The Labute approximate surface area is 135 Å². The van der Waals surface area contributed by atoms with Gasteiger partial charge in [-0.1, -0.05) is 34.1 Å². The third kappa shape index (κ3) is 3.42. The number of benzene rings is 2. The molecule has 0 aliphatic heterocycles. The highest BCUT2D eigenvalue weighted by molar-refractivity contribution is 9.10. The molecule has 1 aromatic heterocycles. The van der Waals surface area contributed by atoms with Gasteiger partial charge in [0.25, 0.3) is 0 Å². The van der Waals surface area contributed by atoms with E-state index >= 15 is 0 Å². The Bertz CT molecular complexity index is 782. The smallest absolute Gasteiger partial charge is 0.159 e. The fourth-order valence-electron chi connectivity index (χ4n) is 2.27. The quantitative estimate of drug-likeness (QED) is 0.664. The molecule has 1 heterocycles. The number of aromatic nitrogens is 2. The minimum atomic E-state index is -0.832. The van der Waals surface area contributed by atoms with Crippen LogP contribution in [-0.4, -0.2) is 9.55 Å². The SMILES string of the molecule is Fc1ccc(Cc2nccn2Cc2ccc(Br)cc2)cc1F. The zero-order chi connectivity index (χ0) is 15.5. The van der Waals surface area contributed by atoms with Crippen molar-refractivity contribution in [2.24, 2.45) is 0 Å². The Hall–Kier alpha value is -2.01. The third-order valence-corrected chi connectivity index (χ3v) is 3.94. The Morgan fingerprint density at radius 1 is 0.955 bits per heavy atom. The van der Waals surface area contributed by atoms with Gasteiger partial charge in [-0.3, -0.25) is 0 Å².